The molecule has 2 aromatic carbocycles. The Bertz CT molecular complexity index is 1010. The van der Waals surface area contributed by atoms with E-state index in [2.05, 4.69) is 15.2 Å². The first-order valence-corrected chi connectivity index (χ1v) is 9.43. The van der Waals surface area contributed by atoms with Crippen LogP contribution in [0.5, 0.6) is 0 Å². The molecule has 0 spiro atoms. The second-order valence-electron chi connectivity index (χ2n) is 5.35. The summed E-state index contributed by atoms with van der Waals surface area (Å²) in [5.74, 6) is 1.52. The Labute approximate surface area is 164 Å². The second-order valence-corrected chi connectivity index (χ2v) is 7.17. The van der Waals surface area contributed by atoms with Gasteiger partial charge in [-0.1, -0.05) is 35.0 Å². The third-order valence-corrected chi connectivity index (χ3v) is 5.05. The summed E-state index contributed by atoms with van der Waals surface area (Å²) in [6.07, 6.45) is 3.66. The fourth-order valence-corrected chi connectivity index (χ4v) is 3.40. The fraction of sp³-hybridized carbons (Fsp3) is 0.0556. The Kier molecular flexibility index (Phi) is 4.97. The molecule has 2 aromatic heterocycles. The maximum absolute atomic E-state index is 5.95. The first-order valence-electron chi connectivity index (χ1n) is 7.69. The van der Waals surface area contributed by atoms with Crippen LogP contribution in [0.25, 0.3) is 17.1 Å². The average Bonchev–Trinajstić information content (AvgIpc) is 3.30. The third-order valence-electron chi connectivity index (χ3n) is 3.59. The Morgan fingerprint density at radius 1 is 0.923 bits per heavy atom. The zero-order valence-corrected chi connectivity index (χ0v) is 15.7. The van der Waals surface area contributed by atoms with Crippen molar-refractivity contribution >= 4 is 35.0 Å². The van der Waals surface area contributed by atoms with Crippen molar-refractivity contribution in [3.63, 3.8) is 0 Å². The molecule has 26 heavy (non-hydrogen) atoms. The number of hydrogen-bond acceptors (Lipinski definition) is 5. The molecule has 0 unspecified atom stereocenters. The number of nitrogens with zero attached hydrogens (tertiary/aromatic N) is 4. The first kappa shape index (κ1) is 17.1. The van der Waals surface area contributed by atoms with E-state index < -0.39 is 0 Å². The normalized spacial score (nSPS) is 11.0. The quantitative estimate of drug-likeness (QED) is 0.411. The lowest BCUT2D eigenvalue weighted by molar-refractivity contribution is 0.528. The molecule has 130 valence electrons. The van der Waals surface area contributed by atoms with E-state index in [0.29, 0.717) is 27.6 Å². The Balaban J connectivity index is 1.48. The smallest absolute Gasteiger partial charge is 0.247 e. The number of imidazole rings is 1. The monoisotopic (exact) mass is 402 g/mol. The summed E-state index contributed by atoms with van der Waals surface area (Å²) in [5.41, 5.74) is 1.82. The fourth-order valence-electron chi connectivity index (χ4n) is 2.34. The lowest BCUT2D eigenvalue weighted by Gasteiger charge is -2.06. The summed E-state index contributed by atoms with van der Waals surface area (Å²) in [6, 6.07) is 14.9. The van der Waals surface area contributed by atoms with Crippen LogP contribution in [0.3, 0.4) is 0 Å². The van der Waals surface area contributed by atoms with Crippen LogP contribution in [0, 0.1) is 0 Å². The van der Waals surface area contributed by atoms with Gasteiger partial charge >= 0.3 is 0 Å². The zero-order chi connectivity index (χ0) is 17.9. The lowest BCUT2D eigenvalue weighted by atomic mass is 10.2. The van der Waals surface area contributed by atoms with Gasteiger partial charge in [0.25, 0.3) is 0 Å². The van der Waals surface area contributed by atoms with Crippen molar-refractivity contribution in [2.45, 2.75) is 10.9 Å². The van der Waals surface area contributed by atoms with Crippen LogP contribution in [-0.4, -0.2) is 19.7 Å². The van der Waals surface area contributed by atoms with Gasteiger partial charge in [0.2, 0.25) is 11.8 Å². The third kappa shape index (κ3) is 3.77. The minimum atomic E-state index is 0.471. The average molecular weight is 403 g/mol. The van der Waals surface area contributed by atoms with E-state index in [4.69, 9.17) is 27.6 Å². The summed E-state index contributed by atoms with van der Waals surface area (Å²) in [6.45, 7) is 0. The van der Waals surface area contributed by atoms with Crippen LogP contribution in [-0.2, 0) is 5.75 Å². The van der Waals surface area contributed by atoms with E-state index in [-0.39, 0.29) is 0 Å². The highest BCUT2D eigenvalue weighted by molar-refractivity contribution is 7.98. The van der Waals surface area contributed by atoms with Gasteiger partial charge in [-0.25, -0.2) is 4.98 Å². The van der Waals surface area contributed by atoms with E-state index in [0.717, 1.165) is 16.4 Å². The minimum Gasteiger partial charge on any atom is -0.420 e. The molecular formula is C18H12Cl2N4OS. The topological polar surface area (TPSA) is 56.7 Å². The molecule has 0 fully saturated rings. The predicted octanol–water partition coefficient (Wildman–Crippen LogP) is 5.52. The van der Waals surface area contributed by atoms with E-state index in [9.17, 15) is 0 Å². The molecular weight excluding hydrogens is 391 g/mol. The van der Waals surface area contributed by atoms with Gasteiger partial charge in [-0.3, -0.25) is 4.57 Å². The molecule has 0 aliphatic heterocycles. The molecule has 4 aromatic rings. The van der Waals surface area contributed by atoms with Crippen molar-refractivity contribution in [1.82, 2.24) is 19.7 Å². The van der Waals surface area contributed by atoms with Crippen molar-refractivity contribution in [3.8, 4) is 17.1 Å². The maximum atomic E-state index is 5.95. The Morgan fingerprint density at radius 3 is 2.35 bits per heavy atom. The summed E-state index contributed by atoms with van der Waals surface area (Å²) in [7, 11) is 0. The van der Waals surface area contributed by atoms with Gasteiger partial charge in [-0.2, -0.15) is 0 Å². The van der Waals surface area contributed by atoms with Crippen molar-refractivity contribution in [1.29, 1.82) is 0 Å². The molecule has 0 amide bonds. The first-order chi connectivity index (χ1) is 12.7. The predicted molar refractivity (Wildman–Crippen MR) is 103 cm³/mol. The molecule has 0 radical (unpaired) electrons. The summed E-state index contributed by atoms with van der Waals surface area (Å²) in [4.78, 5) is 4.39. The standard InChI is InChI=1S/C18H12Cl2N4OS/c19-13-3-1-12(2-4-13)17-23-22-16(25-17)11-26-18-21-9-10-24(18)15-7-5-14(20)6-8-15/h1-10H,11H2. The van der Waals surface area contributed by atoms with Crippen molar-refractivity contribution < 1.29 is 4.42 Å². The minimum absolute atomic E-state index is 0.471. The number of aromatic nitrogens is 4. The van der Waals surface area contributed by atoms with Gasteiger partial charge in [0.15, 0.2) is 5.16 Å². The van der Waals surface area contributed by atoms with Gasteiger partial charge in [0, 0.05) is 33.7 Å². The molecule has 0 saturated carbocycles. The molecule has 5 nitrogen and oxygen atoms in total. The highest BCUT2D eigenvalue weighted by Gasteiger charge is 2.11. The number of thioether (sulfide) groups is 1. The molecule has 0 saturated heterocycles. The van der Waals surface area contributed by atoms with Crippen molar-refractivity contribution in [2.24, 2.45) is 0 Å². The van der Waals surface area contributed by atoms with Crippen LogP contribution in [0.2, 0.25) is 10.0 Å². The Morgan fingerprint density at radius 2 is 1.62 bits per heavy atom. The van der Waals surface area contributed by atoms with Crippen molar-refractivity contribution in [2.75, 3.05) is 0 Å². The van der Waals surface area contributed by atoms with Crippen molar-refractivity contribution in [3.05, 3.63) is 76.9 Å². The summed E-state index contributed by atoms with van der Waals surface area (Å²) < 4.78 is 7.71. The number of hydrogen-bond donors (Lipinski definition) is 0. The van der Waals surface area contributed by atoms with Crippen LogP contribution < -0.4 is 0 Å². The van der Waals surface area contributed by atoms with E-state index in [1.807, 2.05) is 47.2 Å². The molecule has 0 aliphatic rings. The summed E-state index contributed by atoms with van der Waals surface area (Å²) >= 11 is 13.4. The maximum Gasteiger partial charge on any atom is 0.247 e. The van der Waals surface area contributed by atoms with Crippen LogP contribution >= 0.6 is 35.0 Å². The van der Waals surface area contributed by atoms with Gasteiger partial charge in [0.1, 0.15) is 0 Å². The SMILES string of the molecule is Clc1ccc(-c2nnc(CSc3nccn3-c3ccc(Cl)cc3)o2)cc1. The molecule has 4 rings (SSSR count). The molecule has 8 heteroatoms. The van der Waals surface area contributed by atoms with Gasteiger partial charge in [-0.05, 0) is 48.5 Å². The van der Waals surface area contributed by atoms with Gasteiger partial charge in [-0.15, -0.1) is 10.2 Å². The second kappa shape index (κ2) is 7.53. The molecule has 0 atom stereocenters. The number of benzene rings is 2. The van der Waals surface area contributed by atoms with E-state index >= 15 is 0 Å². The lowest BCUT2D eigenvalue weighted by Crippen LogP contribution is -1.95. The molecule has 0 aliphatic carbocycles. The van der Waals surface area contributed by atoms with Crippen LogP contribution in [0.4, 0.5) is 0 Å². The van der Waals surface area contributed by atoms with Crippen LogP contribution in [0.15, 0.2) is 70.5 Å². The van der Waals surface area contributed by atoms with E-state index in [1.54, 1.807) is 18.3 Å². The van der Waals surface area contributed by atoms with Gasteiger partial charge < -0.3 is 4.42 Å². The summed E-state index contributed by atoms with van der Waals surface area (Å²) in [5, 5.41) is 10.4. The number of halogens is 2. The highest BCUT2D eigenvalue weighted by Crippen LogP contribution is 2.26. The molecule has 2 heterocycles. The Hall–Kier alpha value is -2.28. The molecule has 0 bridgehead atoms. The van der Waals surface area contributed by atoms with Crippen LogP contribution in [0.1, 0.15) is 5.89 Å². The van der Waals surface area contributed by atoms with Gasteiger partial charge in [0.05, 0.1) is 5.75 Å². The largest absolute Gasteiger partial charge is 0.420 e. The highest BCUT2D eigenvalue weighted by atomic mass is 35.5. The molecule has 0 N–H and O–H groups in total. The van der Waals surface area contributed by atoms with E-state index in [1.165, 1.54) is 11.8 Å². The zero-order valence-electron chi connectivity index (χ0n) is 13.3. The number of rotatable bonds is 5.